The molecule has 7 nitrogen and oxygen atoms in total. The van der Waals surface area contributed by atoms with Crippen LogP contribution in [0.15, 0.2) is 36.5 Å². The Morgan fingerprint density at radius 2 is 1.81 bits per heavy atom. The summed E-state index contributed by atoms with van der Waals surface area (Å²) in [4.78, 5) is 31.3. The van der Waals surface area contributed by atoms with Gasteiger partial charge in [-0.15, -0.1) is 0 Å². The molecule has 2 aliphatic rings. The lowest BCUT2D eigenvalue weighted by Gasteiger charge is -2.30. The quantitative estimate of drug-likeness (QED) is 0.476. The van der Waals surface area contributed by atoms with Gasteiger partial charge in [-0.05, 0) is 56.4 Å². The number of carbonyl (C=O) groups is 2. The molecular weight excluding hydrogens is 525 g/mol. The average molecular weight is 555 g/mol. The van der Waals surface area contributed by atoms with E-state index in [1.807, 2.05) is 24.0 Å². The number of halogens is 3. The maximum atomic E-state index is 13.5. The van der Waals surface area contributed by atoms with E-state index in [-0.39, 0.29) is 35.8 Å². The fourth-order valence-corrected chi connectivity index (χ4v) is 5.68. The number of hydrogen-bond acceptors (Lipinski definition) is 5. The number of benzene rings is 1. The van der Waals surface area contributed by atoms with Crippen LogP contribution >= 0.6 is 34.8 Å². The van der Waals surface area contributed by atoms with Gasteiger partial charge in [-0.2, -0.15) is 0 Å². The van der Waals surface area contributed by atoms with Crippen LogP contribution in [0.2, 0.25) is 15.1 Å². The second-order valence-corrected chi connectivity index (χ2v) is 10.8. The molecule has 1 aliphatic carbocycles. The number of pyridine rings is 1. The number of aromatic nitrogens is 1. The first kappa shape index (κ1) is 26.8. The third-order valence-corrected chi connectivity index (χ3v) is 8.20. The summed E-state index contributed by atoms with van der Waals surface area (Å²) >= 11 is 18.5. The number of nitrogens with zero attached hydrogens (tertiary/aromatic N) is 2. The Balaban J connectivity index is 1.47. The topological polar surface area (TPSA) is 80.8 Å². The first-order valence-corrected chi connectivity index (χ1v) is 13.2. The van der Waals surface area contributed by atoms with Crippen molar-refractivity contribution in [3.8, 4) is 5.88 Å². The minimum absolute atomic E-state index is 0.0287. The van der Waals surface area contributed by atoms with Crippen LogP contribution in [0.4, 0.5) is 4.79 Å². The van der Waals surface area contributed by atoms with Crippen molar-refractivity contribution in [2.75, 3.05) is 20.2 Å². The zero-order valence-electron chi connectivity index (χ0n) is 20.3. The average Bonchev–Trinajstić information content (AvgIpc) is 3.33. The molecule has 10 heteroatoms. The van der Waals surface area contributed by atoms with Crippen molar-refractivity contribution in [3.63, 3.8) is 0 Å². The standard InChI is InChI=1S/C26H30Cl3N3O4/c1-15(36-24-10-6-18(27)12-30-24)20-13-32(14-21(20)17-5-9-22(28)23(29)11-17)25(33)16-3-7-19(8-4-16)31-26(34)35-2/h5-6,9-12,15-16,19-21H,3-4,7-8,13-14H2,1-2H3,(H,31,34)/t15-,16?,19?,20+,21+/m0/s1. The van der Waals surface area contributed by atoms with Crippen molar-refractivity contribution in [2.24, 2.45) is 11.8 Å². The van der Waals surface area contributed by atoms with Crippen molar-refractivity contribution in [2.45, 2.75) is 50.7 Å². The Labute approximate surface area is 226 Å². The summed E-state index contributed by atoms with van der Waals surface area (Å²) in [5.41, 5.74) is 1.02. The van der Waals surface area contributed by atoms with Crippen molar-refractivity contribution in [1.82, 2.24) is 15.2 Å². The number of rotatable bonds is 6. The van der Waals surface area contributed by atoms with Gasteiger partial charge in [-0.25, -0.2) is 9.78 Å². The summed E-state index contributed by atoms with van der Waals surface area (Å²) in [5.74, 6) is 0.629. The monoisotopic (exact) mass is 553 g/mol. The first-order valence-electron chi connectivity index (χ1n) is 12.1. The van der Waals surface area contributed by atoms with Crippen LogP contribution < -0.4 is 10.1 Å². The Hall–Kier alpha value is -2.22. The van der Waals surface area contributed by atoms with E-state index in [4.69, 9.17) is 44.3 Å². The molecular formula is C26H30Cl3N3O4. The molecule has 1 aromatic heterocycles. The Morgan fingerprint density at radius 3 is 2.44 bits per heavy atom. The number of likely N-dealkylation sites (tertiary alicyclic amines) is 1. The molecule has 0 radical (unpaired) electrons. The van der Waals surface area contributed by atoms with Gasteiger partial charge in [0.2, 0.25) is 11.8 Å². The molecule has 2 amide bonds. The molecule has 2 fully saturated rings. The van der Waals surface area contributed by atoms with Crippen molar-refractivity contribution in [1.29, 1.82) is 0 Å². The predicted octanol–water partition coefficient (Wildman–Crippen LogP) is 5.97. The van der Waals surface area contributed by atoms with Crippen molar-refractivity contribution < 1.29 is 19.1 Å². The van der Waals surface area contributed by atoms with E-state index in [0.717, 1.165) is 31.2 Å². The number of carbonyl (C=O) groups excluding carboxylic acids is 2. The largest absolute Gasteiger partial charge is 0.474 e. The van der Waals surface area contributed by atoms with Crippen LogP contribution in [-0.4, -0.2) is 54.2 Å². The minimum atomic E-state index is -0.430. The first-order chi connectivity index (χ1) is 17.2. The van der Waals surface area contributed by atoms with Crippen molar-refractivity contribution in [3.05, 3.63) is 57.2 Å². The molecule has 4 rings (SSSR count). The van der Waals surface area contributed by atoms with Crippen LogP contribution in [0.3, 0.4) is 0 Å². The number of methoxy groups -OCH3 is 1. The van der Waals surface area contributed by atoms with E-state index < -0.39 is 6.09 Å². The molecule has 2 aromatic rings. The second kappa shape index (κ2) is 11.9. The van der Waals surface area contributed by atoms with E-state index in [1.54, 1.807) is 24.4 Å². The summed E-state index contributed by atoms with van der Waals surface area (Å²) in [6, 6.07) is 9.16. The minimum Gasteiger partial charge on any atom is -0.474 e. The predicted molar refractivity (Wildman–Crippen MR) is 140 cm³/mol. The zero-order valence-corrected chi connectivity index (χ0v) is 22.5. The number of amides is 2. The van der Waals surface area contributed by atoms with Gasteiger partial charge in [-0.3, -0.25) is 4.79 Å². The number of alkyl carbamates (subject to hydrolysis) is 1. The fourth-order valence-electron chi connectivity index (χ4n) is 5.26. The third kappa shape index (κ3) is 6.36. The lowest BCUT2D eigenvalue weighted by atomic mass is 9.85. The fraction of sp³-hybridized carbons (Fsp3) is 0.500. The number of nitrogens with one attached hydrogen (secondary N) is 1. The maximum Gasteiger partial charge on any atom is 0.407 e. The highest BCUT2D eigenvalue weighted by Crippen LogP contribution is 2.39. The van der Waals surface area contributed by atoms with Crippen LogP contribution in [0, 0.1) is 11.8 Å². The molecule has 36 heavy (non-hydrogen) atoms. The smallest absolute Gasteiger partial charge is 0.407 e. The van der Waals surface area contributed by atoms with E-state index in [1.165, 1.54) is 7.11 Å². The third-order valence-electron chi connectivity index (χ3n) is 7.24. The van der Waals surface area contributed by atoms with E-state index >= 15 is 0 Å². The van der Waals surface area contributed by atoms with Gasteiger partial charge in [0, 0.05) is 49.1 Å². The molecule has 1 N–H and O–H groups in total. The lowest BCUT2D eigenvalue weighted by Crippen LogP contribution is -2.42. The highest BCUT2D eigenvalue weighted by atomic mass is 35.5. The molecule has 0 spiro atoms. The molecule has 1 aliphatic heterocycles. The SMILES string of the molecule is COC(=O)NC1CCC(C(=O)N2C[C@H]([C@H](C)Oc3ccc(Cl)cn3)[C@@H](c3ccc(Cl)c(Cl)c3)C2)CC1. The Morgan fingerprint density at radius 1 is 1.06 bits per heavy atom. The Bertz CT molecular complexity index is 1080. The van der Waals surface area contributed by atoms with Gasteiger partial charge in [0.15, 0.2) is 0 Å². The zero-order chi connectivity index (χ0) is 25.8. The van der Waals surface area contributed by atoms with E-state index in [2.05, 4.69) is 10.3 Å². The molecule has 0 unspecified atom stereocenters. The lowest BCUT2D eigenvalue weighted by molar-refractivity contribution is -0.135. The van der Waals surface area contributed by atoms with Gasteiger partial charge in [0.1, 0.15) is 6.10 Å². The molecule has 0 bridgehead atoms. The van der Waals surface area contributed by atoms with Gasteiger partial charge < -0.3 is 19.7 Å². The van der Waals surface area contributed by atoms with Gasteiger partial charge >= 0.3 is 6.09 Å². The molecule has 2 heterocycles. The summed E-state index contributed by atoms with van der Waals surface area (Å²) in [6.07, 6.45) is 3.87. The van der Waals surface area contributed by atoms with Crippen molar-refractivity contribution >= 4 is 46.8 Å². The molecule has 194 valence electrons. The van der Waals surface area contributed by atoms with Gasteiger partial charge in [-0.1, -0.05) is 40.9 Å². The van der Waals surface area contributed by atoms with E-state index in [9.17, 15) is 9.59 Å². The summed E-state index contributed by atoms with van der Waals surface area (Å²) in [5, 5.41) is 4.37. The highest BCUT2D eigenvalue weighted by molar-refractivity contribution is 6.42. The summed E-state index contributed by atoms with van der Waals surface area (Å²) in [6.45, 7) is 3.14. The molecule has 1 aromatic carbocycles. The maximum absolute atomic E-state index is 13.5. The summed E-state index contributed by atoms with van der Waals surface area (Å²) in [7, 11) is 1.35. The summed E-state index contributed by atoms with van der Waals surface area (Å²) < 4.78 is 10.9. The van der Waals surface area contributed by atoms with E-state index in [0.29, 0.717) is 34.0 Å². The number of ether oxygens (including phenoxy) is 2. The van der Waals surface area contributed by atoms with Crippen LogP contribution in [0.1, 0.15) is 44.1 Å². The second-order valence-electron chi connectivity index (χ2n) is 9.51. The van der Waals surface area contributed by atoms with Crippen LogP contribution in [0.5, 0.6) is 5.88 Å². The molecule has 1 saturated heterocycles. The molecule has 3 atom stereocenters. The number of hydrogen-bond donors (Lipinski definition) is 1. The van der Waals surface area contributed by atoms with Gasteiger partial charge in [0.05, 0.1) is 22.2 Å². The normalized spacial score (nSPS) is 24.8. The molecule has 1 saturated carbocycles. The Kier molecular flexibility index (Phi) is 8.86. The van der Waals surface area contributed by atoms with Crippen LogP contribution in [-0.2, 0) is 9.53 Å². The van der Waals surface area contributed by atoms with Crippen LogP contribution in [0.25, 0.3) is 0 Å². The van der Waals surface area contributed by atoms with Gasteiger partial charge in [0.25, 0.3) is 0 Å². The highest BCUT2D eigenvalue weighted by Gasteiger charge is 2.42.